The minimum Gasteiger partial charge on any atom is -0.493 e. The van der Waals surface area contributed by atoms with Crippen LogP contribution in [-0.2, 0) is 11.2 Å². The van der Waals surface area contributed by atoms with Crippen molar-refractivity contribution in [2.24, 2.45) is 5.92 Å². The van der Waals surface area contributed by atoms with E-state index in [0.717, 1.165) is 24.3 Å². The van der Waals surface area contributed by atoms with E-state index in [4.69, 9.17) is 9.47 Å². The second kappa shape index (κ2) is 6.85. The van der Waals surface area contributed by atoms with Crippen LogP contribution in [0.5, 0.6) is 11.5 Å². The van der Waals surface area contributed by atoms with Crippen molar-refractivity contribution in [3.05, 3.63) is 45.6 Å². The average Bonchev–Trinajstić information content (AvgIpc) is 3.12. The first-order valence-electron chi connectivity index (χ1n) is 8.15. The summed E-state index contributed by atoms with van der Waals surface area (Å²) in [6.45, 7) is 4.64. The second-order valence-corrected chi connectivity index (χ2v) is 7.24. The molecule has 0 radical (unpaired) electrons. The van der Waals surface area contributed by atoms with Crippen LogP contribution in [-0.4, -0.2) is 31.6 Å². The first kappa shape index (κ1) is 16.8. The lowest BCUT2D eigenvalue weighted by molar-refractivity contribution is -0.136. The van der Waals surface area contributed by atoms with E-state index >= 15 is 0 Å². The van der Waals surface area contributed by atoms with E-state index in [-0.39, 0.29) is 17.9 Å². The molecule has 0 saturated heterocycles. The summed E-state index contributed by atoms with van der Waals surface area (Å²) in [7, 11) is 3.29. The van der Waals surface area contributed by atoms with Gasteiger partial charge in [0, 0.05) is 17.3 Å². The Morgan fingerprint density at radius 2 is 1.96 bits per heavy atom. The number of carbonyl (C=O) groups excluding carboxylic acids is 1. The van der Waals surface area contributed by atoms with Crippen LogP contribution in [0.3, 0.4) is 0 Å². The summed E-state index contributed by atoms with van der Waals surface area (Å²) >= 11 is 1.68. The van der Waals surface area contributed by atoms with E-state index in [2.05, 4.69) is 11.4 Å². The molecule has 0 aliphatic carbocycles. The molecule has 0 fully saturated rings. The van der Waals surface area contributed by atoms with E-state index < -0.39 is 0 Å². The molecule has 1 amide bonds. The fourth-order valence-corrected chi connectivity index (χ4v) is 4.12. The molecule has 2 heterocycles. The van der Waals surface area contributed by atoms with Gasteiger partial charge in [-0.3, -0.25) is 4.79 Å². The largest absolute Gasteiger partial charge is 0.493 e. The van der Waals surface area contributed by atoms with Crippen molar-refractivity contribution in [3.8, 4) is 11.5 Å². The lowest BCUT2D eigenvalue weighted by Gasteiger charge is -2.38. The smallest absolute Gasteiger partial charge is 0.225 e. The van der Waals surface area contributed by atoms with Crippen molar-refractivity contribution in [1.29, 1.82) is 0 Å². The number of nitrogens with zero attached hydrogens (tertiary/aromatic N) is 1. The predicted octanol–water partition coefficient (Wildman–Crippen LogP) is 3.90. The van der Waals surface area contributed by atoms with Crippen molar-refractivity contribution in [2.45, 2.75) is 26.3 Å². The Kier molecular flexibility index (Phi) is 4.81. The number of fused-ring (bicyclic) bond motifs is 1. The molecule has 1 aliphatic heterocycles. The molecular weight excluding hydrogens is 322 g/mol. The maximum Gasteiger partial charge on any atom is 0.225 e. The summed E-state index contributed by atoms with van der Waals surface area (Å²) in [5.74, 6) is 1.62. The molecule has 0 saturated carbocycles. The third-order valence-electron chi connectivity index (χ3n) is 4.46. The molecule has 4 nitrogen and oxygen atoms in total. The molecule has 0 spiro atoms. The topological polar surface area (TPSA) is 38.8 Å². The number of hydrogen-bond donors (Lipinski definition) is 0. The maximum atomic E-state index is 12.8. The molecule has 24 heavy (non-hydrogen) atoms. The maximum absolute atomic E-state index is 12.8. The van der Waals surface area contributed by atoms with Crippen molar-refractivity contribution >= 4 is 17.2 Å². The fraction of sp³-hybridized carbons (Fsp3) is 0.421. The Morgan fingerprint density at radius 3 is 2.54 bits per heavy atom. The average molecular weight is 345 g/mol. The van der Waals surface area contributed by atoms with Crippen molar-refractivity contribution < 1.29 is 14.3 Å². The fourth-order valence-electron chi connectivity index (χ4n) is 3.27. The van der Waals surface area contributed by atoms with Crippen LogP contribution in [0, 0.1) is 5.92 Å². The van der Waals surface area contributed by atoms with Gasteiger partial charge in [-0.05, 0) is 41.1 Å². The summed E-state index contributed by atoms with van der Waals surface area (Å²) in [5, 5.41) is 2.06. The Hall–Kier alpha value is -2.01. The van der Waals surface area contributed by atoms with Crippen LogP contribution in [0.15, 0.2) is 29.6 Å². The highest BCUT2D eigenvalue weighted by Crippen LogP contribution is 2.42. The number of ether oxygens (including phenoxy) is 2. The summed E-state index contributed by atoms with van der Waals surface area (Å²) in [4.78, 5) is 15.9. The SMILES string of the molecule is COc1cc2c(cc1OC)[C@H](c1cccs1)N(C(=O)C(C)C)CC2. The van der Waals surface area contributed by atoms with Crippen molar-refractivity contribution in [3.63, 3.8) is 0 Å². The first-order valence-corrected chi connectivity index (χ1v) is 9.03. The summed E-state index contributed by atoms with van der Waals surface area (Å²) in [6, 6.07) is 8.16. The zero-order valence-electron chi connectivity index (χ0n) is 14.5. The third kappa shape index (κ3) is 2.88. The Labute approximate surface area is 147 Å². The monoisotopic (exact) mass is 345 g/mol. The quantitative estimate of drug-likeness (QED) is 0.844. The minimum absolute atomic E-state index is 0.0193. The van der Waals surface area contributed by atoms with Crippen LogP contribution >= 0.6 is 11.3 Å². The van der Waals surface area contributed by atoms with Crippen molar-refractivity contribution in [1.82, 2.24) is 4.90 Å². The Bertz CT molecular complexity index is 724. The van der Waals surface area contributed by atoms with Crippen molar-refractivity contribution in [2.75, 3.05) is 20.8 Å². The van der Waals surface area contributed by atoms with Gasteiger partial charge < -0.3 is 14.4 Å². The zero-order valence-corrected chi connectivity index (χ0v) is 15.4. The molecule has 128 valence electrons. The number of amides is 1. The van der Waals surface area contributed by atoms with E-state index in [9.17, 15) is 4.79 Å². The van der Waals surface area contributed by atoms with Crippen LogP contribution in [0.2, 0.25) is 0 Å². The molecule has 0 unspecified atom stereocenters. The van der Waals surface area contributed by atoms with Gasteiger partial charge in [0.1, 0.15) is 0 Å². The summed E-state index contributed by atoms with van der Waals surface area (Å²) in [6.07, 6.45) is 0.829. The second-order valence-electron chi connectivity index (χ2n) is 6.26. The number of rotatable bonds is 4. The summed E-state index contributed by atoms with van der Waals surface area (Å²) < 4.78 is 10.9. The van der Waals surface area contributed by atoms with Gasteiger partial charge in [-0.15, -0.1) is 11.3 Å². The van der Waals surface area contributed by atoms with Crippen LogP contribution in [0.1, 0.15) is 35.9 Å². The van der Waals surface area contributed by atoms with Gasteiger partial charge >= 0.3 is 0 Å². The summed E-state index contributed by atoms with van der Waals surface area (Å²) in [5.41, 5.74) is 2.36. The van der Waals surface area contributed by atoms with Crippen LogP contribution in [0.25, 0.3) is 0 Å². The number of thiophene rings is 1. The predicted molar refractivity (Wildman–Crippen MR) is 96.0 cm³/mol. The van der Waals surface area contributed by atoms with Gasteiger partial charge in [-0.1, -0.05) is 19.9 Å². The van der Waals surface area contributed by atoms with E-state index in [0.29, 0.717) is 5.75 Å². The molecule has 5 heteroatoms. The number of methoxy groups -OCH3 is 2. The lowest BCUT2D eigenvalue weighted by atomic mass is 9.90. The van der Waals surface area contributed by atoms with Gasteiger partial charge in [0.2, 0.25) is 5.91 Å². The number of hydrogen-bond acceptors (Lipinski definition) is 4. The molecule has 1 aromatic heterocycles. The zero-order chi connectivity index (χ0) is 17.3. The van der Waals surface area contributed by atoms with Crippen LogP contribution < -0.4 is 9.47 Å². The van der Waals surface area contributed by atoms with E-state index in [1.165, 1.54) is 10.4 Å². The number of carbonyl (C=O) groups is 1. The highest BCUT2D eigenvalue weighted by molar-refractivity contribution is 7.10. The Morgan fingerprint density at radius 1 is 1.25 bits per heavy atom. The normalized spacial score (nSPS) is 16.9. The van der Waals surface area contributed by atoms with Crippen LogP contribution in [0.4, 0.5) is 0 Å². The molecule has 3 rings (SSSR count). The number of benzene rings is 1. The minimum atomic E-state index is -0.0524. The lowest BCUT2D eigenvalue weighted by Crippen LogP contribution is -2.42. The highest BCUT2D eigenvalue weighted by Gasteiger charge is 2.34. The molecule has 0 bridgehead atoms. The highest BCUT2D eigenvalue weighted by atomic mass is 32.1. The van der Waals surface area contributed by atoms with Gasteiger partial charge in [-0.25, -0.2) is 0 Å². The standard InChI is InChI=1S/C19H23NO3S/c1-12(2)19(21)20-8-7-13-10-15(22-3)16(23-4)11-14(13)18(20)17-6-5-9-24-17/h5-6,9-12,18H,7-8H2,1-4H3/t18-/m1/s1. The molecule has 2 aromatic rings. The van der Waals surface area contributed by atoms with E-state index in [1.54, 1.807) is 25.6 Å². The first-order chi connectivity index (χ1) is 11.6. The molecular formula is C19H23NO3S. The van der Waals surface area contributed by atoms with Gasteiger partial charge in [0.05, 0.1) is 20.3 Å². The van der Waals surface area contributed by atoms with Gasteiger partial charge in [-0.2, -0.15) is 0 Å². The van der Waals surface area contributed by atoms with E-state index in [1.807, 2.05) is 36.9 Å². The van der Waals surface area contributed by atoms with Gasteiger partial charge in [0.15, 0.2) is 11.5 Å². The molecule has 1 aromatic carbocycles. The Balaban J connectivity index is 2.13. The molecule has 1 atom stereocenters. The third-order valence-corrected chi connectivity index (χ3v) is 5.39. The molecule has 0 N–H and O–H groups in total. The molecule has 1 aliphatic rings. The van der Waals surface area contributed by atoms with Gasteiger partial charge in [0.25, 0.3) is 0 Å².